The van der Waals surface area contributed by atoms with E-state index in [1.54, 1.807) is 13.0 Å². The standard InChI is InChI=1S/C19H26N4O/c1-4-6-7-12-20-18-13-17(21-14(3)22-18)19(24)23-16-10-8-15(5-2)9-11-16/h8-11,13H,4-7,12H2,1-3H3,(H,23,24)(H,20,21,22). The van der Waals surface area contributed by atoms with Crippen LogP contribution in [0.1, 0.15) is 55.0 Å². The number of unbranched alkanes of at least 4 members (excludes halogenated alkanes) is 2. The van der Waals surface area contributed by atoms with Crippen LogP contribution in [-0.2, 0) is 6.42 Å². The molecular formula is C19H26N4O. The van der Waals surface area contributed by atoms with Crippen LogP contribution < -0.4 is 10.6 Å². The summed E-state index contributed by atoms with van der Waals surface area (Å²) in [4.78, 5) is 21.0. The van der Waals surface area contributed by atoms with E-state index in [1.807, 2.05) is 24.3 Å². The largest absolute Gasteiger partial charge is 0.370 e. The van der Waals surface area contributed by atoms with Crippen LogP contribution in [0.25, 0.3) is 0 Å². The summed E-state index contributed by atoms with van der Waals surface area (Å²) in [6.07, 6.45) is 4.42. The Bertz CT molecular complexity index is 668. The third-order valence-electron chi connectivity index (χ3n) is 3.78. The highest BCUT2D eigenvalue weighted by Crippen LogP contribution is 2.13. The molecule has 2 aromatic rings. The second-order valence-electron chi connectivity index (χ2n) is 5.82. The maximum absolute atomic E-state index is 12.4. The van der Waals surface area contributed by atoms with E-state index in [2.05, 4.69) is 34.4 Å². The smallest absolute Gasteiger partial charge is 0.274 e. The van der Waals surface area contributed by atoms with Gasteiger partial charge in [-0.05, 0) is 37.5 Å². The quantitative estimate of drug-likeness (QED) is 0.713. The molecule has 0 radical (unpaired) electrons. The molecule has 2 rings (SSSR count). The zero-order valence-electron chi connectivity index (χ0n) is 14.7. The van der Waals surface area contributed by atoms with Crippen LogP contribution in [0.4, 0.5) is 11.5 Å². The highest BCUT2D eigenvalue weighted by atomic mass is 16.1. The number of hydrogen-bond acceptors (Lipinski definition) is 4. The Morgan fingerprint density at radius 3 is 2.50 bits per heavy atom. The van der Waals surface area contributed by atoms with Crippen LogP contribution in [0.5, 0.6) is 0 Å². The summed E-state index contributed by atoms with van der Waals surface area (Å²) in [7, 11) is 0. The minimum atomic E-state index is -0.221. The minimum Gasteiger partial charge on any atom is -0.370 e. The Morgan fingerprint density at radius 2 is 1.83 bits per heavy atom. The Balaban J connectivity index is 2.03. The second kappa shape index (κ2) is 9.01. The molecule has 0 bridgehead atoms. The van der Waals surface area contributed by atoms with Crippen molar-refractivity contribution in [2.24, 2.45) is 0 Å². The van der Waals surface area contributed by atoms with E-state index in [0.717, 1.165) is 25.1 Å². The molecule has 1 heterocycles. The second-order valence-corrected chi connectivity index (χ2v) is 5.82. The molecule has 0 aliphatic carbocycles. The summed E-state index contributed by atoms with van der Waals surface area (Å²) in [5.41, 5.74) is 2.38. The van der Waals surface area contributed by atoms with Crippen molar-refractivity contribution in [3.63, 3.8) is 0 Å². The number of aryl methyl sites for hydroxylation is 2. The Labute approximate surface area is 143 Å². The van der Waals surface area contributed by atoms with Crippen molar-refractivity contribution in [1.82, 2.24) is 9.97 Å². The van der Waals surface area contributed by atoms with Crippen LogP contribution in [0.15, 0.2) is 30.3 Å². The van der Waals surface area contributed by atoms with Gasteiger partial charge in [-0.3, -0.25) is 4.79 Å². The summed E-state index contributed by atoms with van der Waals surface area (Å²) < 4.78 is 0. The fourth-order valence-electron chi connectivity index (χ4n) is 2.38. The number of benzene rings is 1. The number of amides is 1. The van der Waals surface area contributed by atoms with Gasteiger partial charge in [0, 0.05) is 18.3 Å². The van der Waals surface area contributed by atoms with Gasteiger partial charge >= 0.3 is 0 Å². The van der Waals surface area contributed by atoms with Crippen LogP contribution in [0.3, 0.4) is 0 Å². The van der Waals surface area contributed by atoms with E-state index in [0.29, 0.717) is 17.3 Å². The number of rotatable bonds is 8. The number of carbonyl (C=O) groups is 1. The molecule has 5 heteroatoms. The van der Waals surface area contributed by atoms with Crippen LogP contribution >= 0.6 is 0 Å². The molecule has 0 saturated heterocycles. The van der Waals surface area contributed by atoms with Gasteiger partial charge < -0.3 is 10.6 Å². The zero-order chi connectivity index (χ0) is 17.4. The van der Waals surface area contributed by atoms with E-state index in [4.69, 9.17) is 0 Å². The number of hydrogen-bond donors (Lipinski definition) is 2. The fraction of sp³-hybridized carbons (Fsp3) is 0.421. The van der Waals surface area contributed by atoms with E-state index in [1.165, 1.54) is 18.4 Å². The van der Waals surface area contributed by atoms with Gasteiger partial charge in [-0.25, -0.2) is 9.97 Å². The predicted octanol–water partition coefficient (Wildman–Crippen LogP) is 4.20. The van der Waals surface area contributed by atoms with Crippen molar-refractivity contribution >= 4 is 17.4 Å². The average Bonchev–Trinajstić information content (AvgIpc) is 2.59. The summed E-state index contributed by atoms with van der Waals surface area (Å²) in [6, 6.07) is 9.56. The summed E-state index contributed by atoms with van der Waals surface area (Å²) in [5, 5.41) is 6.15. The fourth-order valence-corrected chi connectivity index (χ4v) is 2.38. The molecule has 24 heavy (non-hydrogen) atoms. The molecule has 2 N–H and O–H groups in total. The first kappa shape index (κ1) is 17.9. The Morgan fingerprint density at radius 1 is 1.08 bits per heavy atom. The third-order valence-corrected chi connectivity index (χ3v) is 3.78. The molecule has 0 aliphatic heterocycles. The SMILES string of the molecule is CCCCCNc1cc(C(=O)Nc2ccc(CC)cc2)nc(C)n1. The van der Waals surface area contributed by atoms with Gasteiger partial charge in [-0.1, -0.05) is 38.8 Å². The van der Waals surface area contributed by atoms with E-state index < -0.39 is 0 Å². The third kappa shape index (κ3) is 5.33. The first-order chi connectivity index (χ1) is 11.6. The lowest BCUT2D eigenvalue weighted by molar-refractivity contribution is 0.102. The molecule has 0 unspecified atom stereocenters. The summed E-state index contributed by atoms with van der Waals surface area (Å²) in [5.74, 6) is 1.06. The van der Waals surface area contributed by atoms with Crippen molar-refractivity contribution in [3.05, 3.63) is 47.4 Å². The predicted molar refractivity (Wildman–Crippen MR) is 98.6 cm³/mol. The topological polar surface area (TPSA) is 66.9 Å². The highest BCUT2D eigenvalue weighted by Gasteiger charge is 2.11. The van der Waals surface area contributed by atoms with Crippen molar-refractivity contribution in [2.45, 2.75) is 46.5 Å². The van der Waals surface area contributed by atoms with Crippen LogP contribution in [-0.4, -0.2) is 22.4 Å². The lowest BCUT2D eigenvalue weighted by Crippen LogP contribution is -2.16. The molecule has 0 aliphatic rings. The normalized spacial score (nSPS) is 10.5. The first-order valence-corrected chi connectivity index (χ1v) is 8.62. The molecule has 0 saturated carbocycles. The molecule has 0 fully saturated rings. The Hall–Kier alpha value is -2.43. The van der Waals surface area contributed by atoms with Crippen LogP contribution in [0.2, 0.25) is 0 Å². The first-order valence-electron chi connectivity index (χ1n) is 8.62. The molecular weight excluding hydrogens is 300 g/mol. The van der Waals surface area contributed by atoms with Crippen molar-refractivity contribution in [2.75, 3.05) is 17.2 Å². The molecule has 128 valence electrons. The number of carbonyl (C=O) groups excluding carboxylic acids is 1. The van der Waals surface area contributed by atoms with Gasteiger partial charge in [0.05, 0.1) is 0 Å². The lowest BCUT2D eigenvalue weighted by Gasteiger charge is -2.09. The van der Waals surface area contributed by atoms with Gasteiger partial charge in [0.1, 0.15) is 17.3 Å². The summed E-state index contributed by atoms with van der Waals surface area (Å²) in [6.45, 7) is 6.92. The highest BCUT2D eigenvalue weighted by molar-refractivity contribution is 6.03. The van der Waals surface area contributed by atoms with Gasteiger partial charge in [0.15, 0.2) is 0 Å². The molecule has 1 amide bonds. The van der Waals surface area contributed by atoms with Crippen molar-refractivity contribution < 1.29 is 4.79 Å². The monoisotopic (exact) mass is 326 g/mol. The minimum absolute atomic E-state index is 0.221. The van der Waals surface area contributed by atoms with Crippen molar-refractivity contribution in [1.29, 1.82) is 0 Å². The number of aromatic nitrogens is 2. The lowest BCUT2D eigenvalue weighted by atomic mass is 10.1. The van der Waals surface area contributed by atoms with Gasteiger partial charge in [-0.2, -0.15) is 0 Å². The van der Waals surface area contributed by atoms with E-state index in [9.17, 15) is 4.79 Å². The van der Waals surface area contributed by atoms with Gasteiger partial charge in [-0.15, -0.1) is 0 Å². The van der Waals surface area contributed by atoms with Gasteiger partial charge in [0.25, 0.3) is 5.91 Å². The van der Waals surface area contributed by atoms with Gasteiger partial charge in [0.2, 0.25) is 0 Å². The zero-order valence-corrected chi connectivity index (χ0v) is 14.7. The molecule has 0 spiro atoms. The maximum Gasteiger partial charge on any atom is 0.274 e. The van der Waals surface area contributed by atoms with E-state index in [-0.39, 0.29) is 5.91 Å². The summed E-state index contributed by atoms with van der Waals surface area (Å²) >= 11 is 0. The molecule has 1 aromatic heterocycles. The molecule has 5 nitrogen and oxygen atoms in total. The van der Waals surface area contributed by atoms with E-state index >= 15 is 0 Å². The Kier molecular flexibility index (Phi) is 6.73. The van der Waals surface area contributed by atoms with Crippen molar-refractivity contribution in [3.8, 4) is 0 Å². The molecule has 0 atom stereocenters. The maximum atomic E-state index is 12.4. The average molecular weight is 326 g/mol. The number of anilines is 2. The number of nitrogens with one attached hydrogen (secondary N) is 2. The number of nitrogens with zero attached hydrogens (tertiary/aromatic N) is 2. The molecule has 1 aromatic carbocycles. The van der Waals surface area contributed by atoms with Crippen LogP contribution in [0, 0.1) is 6.92 Å².